The molecule has 27 heavy (non-hydrogen) atoms. The van der Waals surface area contributed by atoms with Crippen LogP contribution in [0.15, 0.2) is 76.2 Å². The van der Waals surface area contributed by atoms with E-state index in [-0.39, 0.29) is 29.8 Å². The van der Waals surface area contributed by atoms with E-state index in [2.05, 4.69) is 0 Å². The van der Waals surface area contributed by atoms with Crippen molar-refractivity contribution in [1.82, 2.24) is 0 Å². The van der Waals surface area contributed by atoms with Gasteiger partial charge in [-0.25, -0.2) is 0 Å². The summed E-state index contributed by atoms with van der Waals surface area (Å²) < 4.78 is 5.52. The van der Waals surface area contributed by atoms with Gasteiger partial charge in [-0.15, -0.1) is 11.8 Å². The Morgan fingerprint density at radius 3 is 2.67 bits per heavy atom. The zero-order valence-electron chi connectivity index (χ0n) is 14.3. The van der Waals surface area contributed by atoms with Crippen LogP contribution in [0.5, 0.6) is 0 Å². The van der Waals surface area contributed by atoms with Crippen molar-refractivity contribution in [2.45, 2.75) is 23.1 Å². The number of carbonyl (C=O) groups excluding carboxylic acids is 1. The number of thioether (sulfide) groups is 1. The first kappa shape index (κ1) is 17.4. The van der Waals surface area contributed by atoms with Crippen LogP contribution in [0.3, 0.4) is 0 Å². The van der Waals surface area contributed by atoms with Gasteiger partial charge in [0.1, 0.15) is 5.76 Å². The molecule has 1 aliphatic rings. The minimum atomic E-state index is -0.413. The van der Waals surface area contributed by atoms with Crippen molar-refractivity contribution in [3.05, 3.63) is 88.4 Å². The lowest BCUT2D eigenvalue weighted by molar-refractivity contribution is -0.385. The van der Waals surface area contributed by atoms with Crippen molar-refractivity contribution in [3.63, 3.8) is 0 Å². The Labute approximate surface area is 159 Å². The summed E-state index contributed by atoms with van der Waals surface area (Å²) in [5, 5.41) is 11.2. The van der Waals surface area contributed by atoms with E-state index < -0.39 is 4.92 Å². The highest BCUT2D eigenvalue weighted by Crippen LogP contribution is 2.46. The summed E-state index contributed by atoms with van der Waals surface area (Å²) in [6.07, 6.45) is 1.86. The second-order valence-electron chi connectivity index (χ2n) is 6.16. The van der Waals surface area contributed by atoms with Crippen molar-refractivity contribution in [2.75, 3.05) is 4.90 Å². The smallest absolute Gasteiger partial charge is 0.274 e. The Balaban J connectivity index is 1.73. The number of anilines is 1. The quantitative estimate of drug-likeness (QED) is 0.472. The number of furan rings is 1. The van der Waals surface area contributed by atoms with Crippen molar-refractivity contribution < 1.29 is 14.1 Å². The molecule has 0 unspecified atom stereocenters. The van der Waals surface area contributed by atoms with Gasteiger partial charge < -0.3 is 9.32 Å². The van der Waals surface area contributed by atoms with E-state index in [0.717, 1.165) is 16.3 Å². The van der Waals surface area contributed by atoms with E-state index in [4.69, 9.17) is 4.42 Å². The van der Waals surface area contributed by atoms with Gasteiger partial charge in [-0.1, -0.05) is 30.3 Å². The zero-order valence-corrected chi connectivity index (χ0v) is 15.1. The number of hydrogen-bond donors (Lipinski definition) is 0. The summed E-state index contributed by atoms with van der Waals surface area (Å²) in [5.41, 5.74) is 1.29. The lowest BCUT2D eigenvalue weighted by Crippen LogP contribution is -2.30. The van der Waals surface area contributed by atoms with Crippen LogP contribution in [-0.2, 0) is 11.3 Å². The fourth-order valence-corrected chi connectivity index (χ4v) is 4.42. The number of amides is 1. The lowest BCUT2D eigenvalue weighted by atomic mass is 10.1. The average molecular weight is 380 g/mol. The Bertz CT molecular complexity index is 987. The van der Waals surface area contributed by atoms with Crippen LogP contribution in [-0.4, -0.2) is 10.8 Å². The van der Waals surface area contributed by atoms with Crippen LogP contribution in [0, 0.1) is 10.1 Å². The molecular formula is C20H16N2O4S. The van der Waals surface area contributed by atoms with Gasteiger partial charge in [-0.05, 0) is 24.3 Å². The number of nitrogens with zero attached hydrogens (tertiary/aromatic N) is 2. The first-order chi connectivity index (χ1) is 13.1. The fraction of sp³-hybridized carbons (Fsp3) is 0.150. The molecule has 0 radical (unpaired) electrons. The molecule has 1 aliphatic heterocycles. The predicted molar refractivity (Wildman–Crippen MR) is 103 cm³/mol. The number of nitro groups is 1. The molecule has 0 saturated heterocycles. The molecule has 3 aromatic rings. The minimum absolute atomic E-state index is 0.0160. The molecule has 7 heteroatoms. The third-order valence-electron chi connectivity index (χ3n) is 4.46. The summed E-state index contributed by atoms with van der Waals surface area (Å²) in [7, 11) is 0. The van der Waals surface area contributed by atoms with Gasteiger partial charge >= 0.3 is 0 Å². The molecular weight excluding hydrogens is 364 g/mol. The number of nitro benzene ring substituents is 1. The van der Waals surface area contributed by atoms with Gasteiger partial charge in [0.15, 0.2) is 0 Å². The first-order valence-corrected chi connectivity index (χ1v) is 9.33. The van der Waals surface area contributed by atoms with Crippen LogP contribution >= 0.6 is 11.8 Å². The number of fused-ring (bicyclic) bond motifs is 1. The van der Waals surface area contributed by atoms with Gasteiger partial charge in [0.05, 0.1) is 28.7 Å². The number of hydrogen-bond acceptors (Lipinski definition) is 5. The largest absolute Gasteiger partial charge is 0.468 e. The standard InChI is InChI=1S/C20H16N2O4S/c23-20-12-19(17-9-5-11-26-17)27-18-10-4-3-8-16(18)21(20)13-14-6-1-2-7-15(14)22(24)25/h1-11,19H,12-13H2/t19-/m1/s1. The first-order valence-electron chi connectivity index (χ1n) is 8.45. The average Bonchev–Trinajstić information content (AvgIpc) is 3.17. The Morgan fingerprint density at radius 2 is 1.89 bits per heavy atom. The van der Waals surface area contributed by atoms with E-state index in [9.17, 15) is 14.9 Å². The maximum Gasteiger partial charge on any atom is 0.274 e. The summed E-state index contributed by atoms with van der Waals surface area (Å²) in [6, 6.07) is 17.8. The second-order valence-corrected chi connectivity index (χ2v) is 7.40. The fourth-order valence-electron chi connectivity index (χ4n) is 3.18. The summed E-state index contributed by atoms with van der Waals surface area (Å²) in [4.78, 5) is 26.6. The summed E-state index contributed by atoms with van der Waals surface area (Å²) in [5.74, 6) is 0.655. The van der Waals surface area contributed by atoms with Crippen LogP contribution in [0.1, 0.15) is 23.0 Å². The molecule has 0 saturated carbocycles. The molecule has 6 nitrogen and oxygen atoms in total. The normalized spacial score (nSPS) is 16.7. The van der Waals surface area contributed by atoms with Gasteiger partial charge in [-0.2, -0.15) is 0 Å². The number of carbonyl (C=O) groups is 1. The van der Waals surface area contributed by atoms with E-state index >= 15 is 0 Å². The Kier molecular flexibility index (Phi) is 4.68. The monoisotopic (exact) mass is 380 g/mol. The third kappa shape index (κ3) is 3.46. The van der Waals surface area contributed by atoms with E-state index in [1.54, 1.807) is 41.1 Å². The maximum atomic E-state index is 13.1. The highest BCUT2D eigenvalue weighted by atomic mass is 32.2. The van der Waals surface area contributed by atoms with Crippen molar-refractivity contribution in [1.29, 1.82) is 0 Å². The van der Waals surface area contributed by atoms with Gasteiger partial charge in [0, 0.05) is 22.9 Å². The summed E-state index contributed by atoms with van der Waals surface area (Å²) in [6.45, 7) is 0.151. The van der Waals surface area contributed by atoms with Crippen molar-refractivity contribution in [2.24, 2.45) is 0 Å². The van der Waals surface area contributed by atoms with Crippen LogP contribution in [0.2, 0.25) is 0 Å². The topological polar surface area (TPSA) is 76.6 Å². The van der Waals surface area contributed by atoms with Crippen LogP contribution in [0.25, 0.3) is 0 Å². The SMILES string of the molecule is O=C1C[C@H](c2ccco2)Sc2ccccc2N1Cc1ccccc1[N+](=O)[O-]. The molecule has 0 fully saturated rings. The van der Waals surface area contributed by atoms with E-state index in [0.29, 0.717) is 5.56 Å². The zero-order chi connectivity index (χ0) is 18.8. The number of para-hydroxylation sites is 2. The van der Waals surface area contributed by atoms with Gasteiger partial charge in [0.25, 0.3) is 5.69 Å². The molecule has 1 aromatic heterocycles. The number of benzene rings is 2. The van der Waals surface area contributed by atoms with Crippen molar-refractivity contribution >= 4 is 29.0 Å². The van der Waals surface area contributed by atoms with Crippen molar-refractivity contribution in [3.8, 4) is 0 Å². The number of rotatable bonds is 4. The molecule has 2 aromatic carbocycles. The van der Waals surface area contributed by atoms with E-state index in [1.807, 2.05) is 36.4 Å². The predicted octanol–water partition coefficient (Wildman–Crippen LogP) is 4.96. The molecule has 2 heterocycles. The Morgan fingerprint density at radius 1 is 1.11 bits per heavy atom. The lowest BCUT2D eigenvalue weighted by Gasteiger charge is -2.22. The molecule has 1 atom stereocenters. The van der Waals surface area contributed by atoms with Crippen LogP contribution in [0.4, 0.5) is 11.4 Å². The molecule has 1 amide bonds. The van der Waals surface area contributed by atoms with Gasteiger partial charge in [0.2, 0.25) is 5.91 Å². The summed E-state index contributed by atoms with van der Waals surface area (Å²) >= 11 is 1.57. The molecule has 136 valence electrons. The molecule has 0 bridgehead atoms. The molecule has 0 aliphatic carbocycles. The molecule has 0 N–H and O–H groups in total. The Hall–Kier alpha value is -3.06. The third-order valence-corrected chi connectivity index (χ3v) is 5.75. The van der Waals surface area contributed by atoms with E-state index in [1.165, 1.54) is 6.07 Å². The maximum absolute atomic E-state index is 13.1. The highest BCUT2D eigenvalue weighted by molar-refractivity contribution is 7.99. The molecule has 0 spiro atoms. The highest BCUT2D eigenvalue weighted by Gasteiger charge is 2.31. The minimum Gasteiger partial charge on any atom is -0.468 e. The van der Waals surface area contributed by atoms with Gasteiger partial charge in [-0.3, -0.25) is 14.9 Å². The molecule has 4 rings (SSSR count). The van der Waals surface area contributed by atoms with Crippen LogP contribution < -0.4 is 4.90 Å². The second kappa shape index (κ2) is 7.28.